The molecule has 0 aliphatic carbocycles. The van der Waals surface area contributed by atoms with Crippen LogP contribution < -0.4 is 0 Å². The molecule has 2 heterocycles. The summed E-state index contributed by atoms with van der Waals surface area (Å²) >= 11 is 0. The number of imide groups is 2. The zero-order valence-electron chi connectivity index (χ0n) is 25.1. The third-order valence-electron chi connectivity index (χ3n) is 10.0. The molecule has 2 atom stereocenters. The van der Waals surface area contributed by atoms with Crippen molar-refractivity contribution in [2.75, 3.05) is 0 Å². The quantitative estimate of drug-likeness (QED) is 0.116. The molecular formula is C40H26N2O4. The van der Waals surface area contributed by atoms with Crippen molar-refractivity contribution in [3.8, 4) is 0 Å². The molecule has 220 valence electrons. The number of hydrogen-bond donors (Lipinski definition) is 0. The summed E-state index contributed by atoms with van der Waals surface area (Å²) in [4.78, 5) is 58.8. The maximum atomic E-state index is 14.0. The highest BCUT2D eigenvalue weighted by atomic mass is 16.2. The summed E-state index contributed by atoms with van der Waals surface area (Å²) in [5, 5.41) is 6.47. The molecule has 0 radical (unpaired) electrons. The molecule has 7 aromatic rings. The number of fused-ring (bicyclic) bond motifs is 2. The molecule has 0 aromatic heterocycles. The number of rotatable bonds is 4. The van der Waals surface area contributed by atoms with E-state index in [1.165, 1.54) is 9.80 Å². The van der Waals surface area contributed by atoms with Gasteiger partial charge in [0.2, 0.25) is 0 Å². The van der Waals surface area contributed by atoms with Crippen molar-refractivity contribution in [3.05, 3.63) is 143 Å². The monoisotopic (exact) mass is 598 g/mol. The number of carbonyl (C=O) groups is 4. The first-order valence-electron chi connectivity index (χ1n) is 15.4. The molecular weight excluding hydrogens is 572 g/mol. The van der Waals surface area contributed by atoms with Crippen molar-refractivity contribution in [2.24, 2.45) is 0 Å². The normalized spacial score (nSPS) is 16.0. The molecule has 9 rings (SSSR count). The van der Waals surface area contributed by atoms with E-state index < -0.39 is 12.1 Å². The van der Waals surface area contributed by atoms with Gasteiger partial charge in [-0.15, -0.1) is 0 Å². The van der Waals surface area contributed by atoms with Gasteiger partial charge in [-0.25, -0.2) is 0 Å². The van der Waals surface area contributed by atoms with Crippen molar-refractivity contribution >= 4 is 66.7 Å². The predicted octanol–water partition coefficient (Wildman–Crippen LogP) is 8.45. The molecule has 0 saturated heterocycles. The summed E-state index contributed by atoms with van der Waals surface area (Å²) in [6.07, 6.45) is 0. The zero-order chi connectivity index (χ0) is 31.4. The summed E-state index contributed by atoms with van der Waals surface area (Å²) in [5.74, 6) is -1.29. The minimum Gasteiger partial charge on any atom is -0.269 e. The molecule has 7 aromatic carbocycles. The van der Waals surface area contributed by atoms with Crippen molar-refractivity contribution in [3.63, 3.8) is 0 Å². The largest absolute Gasteiger partial charge is 0.269 e. The van der Waals surface area contributed by atoms with Gasteiger partial charge in [-0.2, -0.15) is 0 Å². The highest BCUT2D eigenvalue weighted by Gasteiger charge is 2.39. The smallest absolute Gasteiger partial charge is 0.261 e. The maximum Gasteiger partial charge on any atom is 0.261 e. The highest BCUT2D eigenvalue weighted by Crippen LogP contribution is 2.47. The Morgan fingerprint density at radius 2 is 0.652 bits per heavy atom. The topological polar surface area (TPSA) is 74.8 Å². The molecule has 0 bridgehead atoms. The van der Waals surface area contributed by atoms with Crippen LogP contribution in [0.15, 0.2) is 109 Å². The molecule has 0 N–H and O–H groups in total. The Morgan fingerprint density at radius 1 is 0.370 bits per heavy atom. The number of carbonyl (C=O) groups excluding carboxylic acids is 4. The minimum atomic E-state index is -0.437. The van der Waals surface area contributed by atoms with Gasteiger partial charge in [0, 0.05) is 33.0 Å². The average molecular weight is 599 g/mol. The summed E-state index contributed by atoms with van der Waals surface area (Å²) in [5.41, 5.74) is 3.72. The van der Waals surface area contributed by atoms with E-state index in [9.17, 15) is 19.2 Å². The third kappa shape index (κ3) is 3.30. The van der Waals surface area contributed by atoms with Crippen LogP contribution in [0.1, 0.15) is 78.5 Å². The standard InChI is InChI=1S/C40H26N2O4/c1-21(23-9-5-3-6-10-23)41-37(43)29-17-13-25-27-15-19-31-36-32(40(46)42(39(31)45)22(2)24-11-7-4-8-12-24)20-16-28(34(27)36)26-14-18-30(38(41)44)35(29)33(25)26/h3-22H,1-2H3. The lowest BCUT2D eigenvalue weighted by Crippen LogP contribution is -2.42. The first-order valence-corrected chi connectivity index (χ1v) is 15.4. The lowest BCUT2D eigenvalue weighted by atomic mass is 9.82. The summed E-state index contributed by atoms with van der Waals surface area (Å²) < 4.78 is 0. The van der Waals surface area contributed by atoms with Gasteiger partial charge in [0.1, 0.15) is 0 Å². The Labute approximate surface area is 263 Å². The van der Waals surface area contributed by atoms with E-state index in [1.54, 1.807) is 0 Å². The first-order chi connectivity index (χ1) is 22.4. The number of amides is 4. The maximum absolute atomic E-state index is 14.0. The van der Waals surface area contributed by atoms with Crippen LogP contribution in [-0.2, 0) is 0 Å². The average Bonchev–Trinajstić information content (AvgIpc) is 3.09. The summed E-state index contributed by atoms with van der Waals surface area (Å²) in [6, 6.07) is 33.2. The predicted molar refractivity (Wildman–Crippen MR) is 178 cm³/mol. The lowest BCUT2D eigenvalue weighted by Gasteiger charge is -2.34. The van der Waals surface area contributed by atoms with E-state index in [0.717, 1.165) is 43.4 Å². The molecule has 0 fully saturated rings. The van der Waals surface area contributed by atoms with Crippen LogP contribution in [0, 0.1) is 0 Å². The van der Waals surface area contributed by atoms with E-state index in [-0.39, 0.29) is 23.6 Å². The van der Waals surface area contributed by atoms with E-state index in [1.807, 2.05) is 123 Å². The van der Waals surface area contributed by atoms with Gasteiger partial charge in [-0.3, -0.25) is 29.0 Å². The summed E-state index contributed by atoms with van der Waals surface area (Å²) in [7, 11) is 0. The molecule has 46 heavy (non-hydrogen) atoms. The Balaban J connectivity index is 1.26. The second-order valence-corrected chi connectivity index (χ2v) is 12.3. The van der Waals surface area contributed by atoms with Crippen LogP contribution in [0.25, 0.3) is 43.1 Å². The van der Waals surface area contributed by atoms with Crippen molar-refractivity contribution in [1.82, 2.24) is 9.80 Å². The van der Waals surface area contributed by atoms with Gasteiger partial charge < -0.3 is 0 Å². The van der Waals surface area contributed by atoms with Crippen LogP contribution in [0.2, 0.25) is 0 Å². The van der Waals surface area contributed by atoms with E-state index in [4.69, 9.17) is 0 Å². The highest BCUT2D eigenvalue weighted by molar-refractivity contribution is 6.41. The van der Waals surface area contributed by atoms with Gasteiger partial charge in [0.25, 0.3) is 23.6 Å². The van der Waals surface area contributed by atoms with Crippen LogP contribution in [-0.4, -0.2) is 33.4 Å². The van der Waals surface area contributed by atoms with Gasteiger partial charge in [0.05, 0.1) is 12.1 Å². The van der Waals surface area contributed by atoms with E-state index in [2.05, 4.69) is 0 Å². The SMILES string of the molecule is CC(c1ccccc1)N1C(=O)c2ccc3c4ccc5c6c(ccc(c7ccc(c2c37)C1=O)c64)C(=O)N(C(C)c1ccccc1)C5=O. The van der Waals surface area contributed by atoms with E-state index >= 15 is 0 Å². The van der Waals surface area contributed by atoms with E-state index in [0.29, 0.717) is 33.0 Å². The van der Waals surface area contributed by atoms with Crippen molar-refractivity contribution < 1.29 is 19.2 Å². The fraction of sp³-hybridized carbons (Fsp3) is 0.100. The van der Waals surface area contributed by atoms with Gasteiger partial charge >= 0.3 is 0 Å². The number of benzene rings is 7. The molecule has 4 amide bonds. The molecule has 2 aliphatic heterocycles. The van der Waals surface area contributed by atoms with Gasteiger partial charge in [0.15, 0.2) is 0 Å². The third-order valence-corrected chi connectivity index (χ3v) is 10.0. The van der Waals surface area contributed by atoms with Gasteiger partial charge in [-0.1, -0.05) is 84.9 Å². The zero-order valence-corrected chi connectivity index (χ0v) is 25.1. The van der Waals surface area contributed by atoms with Crippen LogP contribution in [0.4, 0.5) is 0 Å². The molecule has 2 unspecified atom stereocenters. The fourth-order valence-corrected chi connectivity index (χ4v) is 7.77. The molecule has 6 heteroatoms. The summed E-state index contributed by atoms with van der Waals surface area (Å²) in [6.45, 7) is 3.75. The fourth-order valence-electron chi connectivity index (χ4n) is 7.77. The first kappa shape index (κ1) is 26.5. The lowest BCUT2D eigenvalue weighted by molar-refractivity contribution is 0.0534. The van der Waals surface area contributed by atoms with Crippen LogP contribution in [0.5, 0.6) is 0 Å². The molecule has 0 saturated carbocycles. The Bertz CT molecular complexity index is 2190. The molecule has 0 spiro atoms. The van der Waals surface area contributed by atoms with Crippen LogP contribution >= 0.6 is 0 Å². The van der Waals surface area contributed by atoms with Crippen molar-refractivity contribution in [1.29, 1.82) is 0 Å². The Kier molecular flexibility index (Phi) is 5.37. The Hall–Kier alpha value is -5.88. The number of nitrogens with zero attached hydrogens (tertiary/aromatic N) is 2. The number of hydrogen-bond acceptors (Lipinski definition) is 4. The molecule has 2 aliphatic rings. The van der Waals surface area contributed by atoms with Gasteiger partial charge in [-0.05, 0) is 81.6 Å². The second-order valence-electron chi connectivity index (χ2n) is 12.3. The Morgan fingerprint density at radius 3 is 0.935 bits per heavy atom. The second kappa shape index (κ2) is 9.31. The molecule has 6 nitrogen and oxygen atoms in total. The van der Waals surface area contributed by atoms with Crippen molar-refractivity contribution in [2.45, 2.75) is 25.9 Å². The minimum absolute atomic E-state index is 0.322. The van der Waals surface area contributed by atoms with Crippen LogP contribution in [0.3, 0.4) is 0 Å².